The molecule has 4 heteroatoms. The zero-order chi connectivity index (χ0) is 32.3. The van der Waals surface area contributed by atoms with Crippen LogP contribution >= 0.6 is 0 Å². The normalized spacial score (nSPS) is 11.7. The Kier molecular flexibility index (Phi) is 6.15. The van der Waals surface area contributed by atoms with Gasteiger partial charge in [0, 0.05) is 33.2 Å². The highest BCUT2D eigenvalue weighted by Gasteiger charge is 2.19. The average molecular weight is 625 g/mol. The van der Waals surface area contributed by atoms with Crippen LogP contribution in [-0.4, -0.2) is 19.5 Å². The number of nitrogens with zero attached hydrogens (tertiary/aromatic N) is 4. The predicted molar refractivity (Wildman–Crippen MR) is 203 cm³/mol. The molecule has 0 aliphatic carbocycles. The van der Waals surface area contributed by atoms with Gasteiger partial charge in [0.25, 0.3) is 0 Å². The molecule has 0 radical (unpaired) electrons. The van der Waals surface area contributed by atoms with Crippen molar-refractivity contribution in [1.29, 1.82) is 0 Å². The number of fused-ring (bicyclic) bond motifs is 7. The summed E-state index contributed by atoms with van der Waals surface area (Å²) in [6.45, 7) is 0. The van der Waals surface area contributed by atoms with Gasteiger partial charge in [0.1, 0.15) is 0 Å². The van der Waals surface area contributed by atoms with Crippen LogP contribution in [0.4, 0.5) is 0 Å². The van der Waals surface area contributed by atoms with Crippen molar-refractivity contribution in [1.82, 2.24) is 19.5 Å². The van der Waals surface area contributed by atoms with E-state index in [0.29, 0.717) is 17.5 Å². The smallest absolute Gasteiger partial charge is 0.165 e. The molecule has 0 aliphatic heterocycles. The third-order valence-electron chi connectivity index (χ3n) is 9.60. The highest BCUT2D eigenvalue weighted by atomic mass is 15.0. The van der Waals surface area contributed by atoms with Gasteiger partial charge < -0.3 is 4.57 Å². The number of hydrogen-bond donors (Lipinski definition) is 0. The molecular weight excluding hydrogens is 597 g/mol. The van der Waals surface area contributed by atoms with E-state index in [0.717, 1.165) is 49.6 Å². The Hall–Kier alpha value is -6.65. The second kappa shape index (κ2) is 11.0. The van der Waals surface area contributed by atoms with E-state index in [9.17, 15) is 0 Å². The summed E-state index contributed by atoms with van der Waals surface area (Å²) in [6.07, 6.45) is 0. The van der Waals surface area contributed by atoms with Crippen LogP contribution in [-0.2, 0) is 0 Å². The average Bonchev–Trinajstić information content (AvgIpc) is 3.51. The van der Waals surface area contributed by atoms with Crippen molar-refractivity contribution < 1.29 is 0 Å². The van der Waals surface area contributed by atoms with E-state index in [4.69, 9.17) is 15.0 Å². The van der Waals surface area contributed by atoms with E-state index in [1.165, 1.54) is 26.9 Å². The summed E-state index contributed by atoms with van der Waals surface area (Å²) >= 11 is 0. The Morgan fingerprint density at radius 1 is 0.327 bits per heavy atom. The third-order valence-corrected chi connectivity index (χ3v) is 9.60. The number of hydrogen-bond acceptors (Lipinski definition) is 3. The minimum absolute atomic E-state index is 0.633. The SMILES string of the molecule is c1ccc(-c2nc(-c3cccc(-n4c5ccccc5c5ccccc54)c3)nc(-c3c4ccccc4cc4c3ccc3ccccc34)n2)cc1. The second-order valence-corrected chi connectivity index (χ2v) is 12.4. The summed E-state index contributed by atoms with van der Waals surface area (Å²) in [5, 5.41) is 9.44. The van der Waals surface area contributed by atoms with E-state index in [1.54, 1.807) is 0 Å². The van der Waals surface area contributed by atoms with Gasteiger partial charge in [-0.05, 0) is 62.6 Å². The minimum atomic E-state index is 0.633. The van der Waals surface area contributed by atoms with Crippen LogP contribution in [0.1, 0.15) is 0 Å². The predicted octanol–water partition coefficient (Wildman–Crippen LogP) is 11.4. The molecule has 0 unspecified atom stereocenters. The first-order valence-electron chi connectivity index (χ1n) is 16.5. The fourth-order valence-corrected chi connectivity index (χ4v) is 7.38. The largest absolute Gasteiger partial charge is 0.309 e. The Morgan fingerprint density at radius 2 is 0.898 bits per heavy atom. The molecule has 0 bridgehead atoms. The Bertz CT molecular complexity index is 2830. The van der Waals surface area contributed by atoms with Crippen molar-refractivity contribution in [3.63, 3.8) is 0 Å². The van der Waals surface area contributed by atoms with Gasteiger partial charge in [-0.1, -0.05) is 140 Å². The molecule has 10 aromatic rings. The van der Waals surface area contributed by atoms with E-state index in [2.05, 4.69) is 156 Å². The molecule has 0 aliphatic rings. The van der Waals surface area contributed by atoms with Gasteiger partial charge in [0.2, 0.25) is 0 Å². The molecule has 10 rings (SSSR count). The van der Waals surface area contributed by atoms with Crippen LogP contribution < -0.4 is 0 Å². The van der Waals surface area contributed by atoms with E-state index < -0.39 is 0 Å². The molecule has 0 N–H and O–H groups in total. The quantitative estimate of drug-likeness (QED) is 0.145. The standard InChI is InChI=1S/C45H28N4/c1-2-14-30(15-3-1)43-46-44(32-17-12-18-33(27-32)49-40-23-10-8-21-36(40)37-22-9-11-24-41(37)49)48-45(47-43)42-35-20-7-5-16-31(35)28-39-34-19-6-4-13-29(34)25-26-38(39)42/h1-28H. The van der Waals surface area contributed by atoms with Crippen LogP contribution in [0.5, 0.6) is 0 Å². The zero-order valence-electron chi connectivity index (χ0n) is 26.5. The first kappa shape index (κ1) is 27.5. The Labute approximate surface area is 282 Å². The van der Waals surface area contributed by atoms with Gasteiger partial charge in [0.15, 0.2) is 17.5 Å². The fourth-order valence-electron chi connectivity index (χ4n) is 7.38. The van der Waals surface area contributed by atoms with E-state index in [-0.39, 0.29) is 0 Å². The summed E-state index contributed by atoms with van der Waals surface area (Å²) in [7, 11) is 0. The van der Waals surface area contributed by atoms with Crippen LogP contribution in [0.3, 0.4) is 0 Å². The molecule has 2 aromatic heterocycles. The summed E-state index contributed by atoms with van der Waals surface area (Å²) in [5.74, 6) is 1.93. The minimum Gasteiger partial charge on any atom is -0.309 e. The summed E-state index contributed by atoms with van der Waals surface area (Å²) < 4.78 is 2.33. The molecule has 0 spiro atoms. The van der Waals surface area contributed by atoms with Gasteiger partial charge in [-0.25, -0.2) is 15.0 Å². The summed E-state index contributed by atoms with van der Waals surface area (Å²) in [5.41, 5.74) is 6.27. The maximum absolute atomic E-state index is 5.30. The van der Waals surface area contributed by atoms with Crippen LogP contribution in [0, 0.1) is 0 Å². The fraction of sp³-hybridized carbons (Fsp3) is 0. The molecular formula is C45H28N4. The molecule has 2 heterocycles. The van der Waals surface area contributed by atoms with Crippen LogP contribution in [0.15, 0.2) is 170 Å². The summed E-state index contributed by atoms with van der Waals surface area (Å²) in [4.78, 5) is 15.6. The molecule has 8 aromatic carbocycles. The highest BCUT2D eigenvalue weighted by Crippen LogP contribution is 2.39. The van der Waals surface area contributed by atoms with Crippen molar-refractivity contribution in [2.75, 3.05) is 0 Å². The molecule has 49 heavy (non-hydrogen) atoms. The van der Waals surface area contributed by atoms with Crippen molar-refractivity contribution in [3.8, 4) is 39.9 Å². The molecule has 0 saturated heterocycles. The van der Waals surface area contributed by atoms with E-state index >= 15 is 0 Å². The second-order valence-electron chi connectivity index (χ2n) is 12.4. The van der Waals surface area contributed by atoms with E-state index in [1.807, 2.05) is 18.2 Å². The first-order chi connectivity index (χ1) is 24.3. The molecule has 0 atom stereocenters. The Balaban J connectivity index is 1.25. The number of aromatic nitrogens is 4. The van der Waals surface area contributed by atoms with Crippen LogP contribution in [0.2, 0.25) is 0 Å². The Morgan fingerprint density at radius 3 is 1.65 bits per heavy atom. The number of rotatable bonds is 4. The molecule has 0 saturated carbocycles. The highest BCUT2D eigenvalue weighted by molar-refractivity contribution is 6.19. The van der Waals surface area contributed by atoms with Crippen LogP contribution in [0.25, 0.3) is 94.0 Å². The topological polar surface area (TPSA) is 43.6 Å². The van der Waals surface area contributed by atoms with Gasteiger partial charge >= 0.3 is 0 Å². The van der Waals surface area contributed by atoms with Crippen molar-refractivity contribution in [3.05, 3.63) is 170 Å². The maximum atomic E-state index is 5.30. The summed E-state index contributed by atoms with van der Waals surface area (Å²) in [6, 6.07) is 59.7. The lowest BCUT2D eigenvalue weighted by atomic mass is 9.93. The van der Waals surface area contributed by atoms with Gasteiger partial charge in [0.05, 0.1) is 11.0 Å². The van der Waals surface area contributed by atoms with Crippen molar-refractivity contribution >= 4 is 54.1 Å². The van der Waals surface area contributed by atoms with Crippen molar-refractivity contribution in [2.45, 2.75) is 0 Å². The molecule has 228 valence electrons. The lowest BCUT2D eigenvalue weighted by Gasteiger charge is -2.15. The number of para-hydroxylation sites is 2. The maximum Gasteiger partial charge on any atom is 0.165 e. The monoisotopic (exact) mass is 624 g/mol. The molecule has 0 fully saturated rings. The third kappa shape index (κ3) is 4.42. The van der Waals surface area contributed by atoms with Crippen molar-refractivity contribution in [2.24, 2.45) is 0 Å². The molecule has 0 amide bonds. The molecule has 4 nitrogen and oxygen atoms in total. The number of benzene rings is 8. The zero-order valence-corrected chi connectivity index (χ0v) is 26.5. The van der Waals surface area contributed by atoms with Gasteiger partial charge in [-0.15, -0.1) is 0 Å². The first-order valence-corrected chi connectivity index (χ1v) is 16.5. The lowest BCUT2D eigenvalue weighted by Crippen LogP contribution is -2.02. The van der Waals surface area contributed by atoms with Gasteiger partial charge in [-0.2, -0.15) is 0 Å². The lowest BCUT2D eigenvalue weighted by molar-refractivity contribution is 1.08. The van der Waals surface area contributed by atoms with Gasteiger partial charge in [-0.3, -0.25) is 0 Å².